The molecule has 0 fully saturated rings. The maximum Gasteiger partial charge on any atom is 0.191 e. The molecular weight excluding hydrogens is 266 g/mol. The molecule has 1 aromatic rings. The van der Waals surface area contributed by atoms with Crippen molar-refractivity contribution < 1.29 is 9.47 Å². The number of allylic oxidation sites excluding steroid dienone is 1. The first-order chi connectivity index (χ1) is 10.2. The molecule has 0 radical (unpaired) electrons. The molecule has 5 heteroatoms. The molecule has 0 unspecified atom stereocenters. The van der Waals surface area contributed by atoms with Crippen LogP contribution in [0.5, 0.6) is 11.5 Å². The molecule has 2 N–H and O–H groups in total. The summed E-state index contributed by atoms with van der Waals surface area (Å²) >= 11 is 0. The van der Waals surface area contributed by atoms with Crippen LogP contribution in [0, 0.1) is 0 Å². The van der Waals surface area contributed by atoms with E-state index >= 15 is 0 Å². The van der Waals surface area contributed by atoms with Crippen LogP contribution in [-0.2, 0) is 6.54 Å². The third-order valence-electron chi connectivity index (χ3n) is 2.97. The van der Waals surface area contributed by atoms with Crippen molar-refractivity contribution in [1.29, 1.82) is 0 Å². The predicted octanol–water partition coefficient (Wildman–Crippen LogP) is 2.33. The monoisotopic (exact) mass is 291 g/mol. The van der Waals surface area contributed by atoms with Crippen molar-refractivity contribution >= 4 is 5.96 Å². The molecule has 0 heterocycles. The highest BCUT2D eigenvalue weighted by Gasteiger charge is 2.05. The molecule has 1 aromatic carbocycles. The lowest BCUT2D eigenvalue weighted by molar-refractivity contribution is 0.354. The predicted molar refractivity (Wildman–Crippen MR) is 87.2 cm³/mol. The number of hydrogen-bond donors (Lipinski definition) is 2. The van der Waals surface area contributed by atoms with Crippen molar-refractivity contribution in [3.8, 4) is 11.5 Å². The summed E-state index contributed by atoms with van der Waals surface area (Å²) < 4.78 is 10.5. The number of guanidine groups is 1. The van der Waals surface area contributed by atoms with Gasteiger partial charge >= 0.3 is 0 Å². The summed E-state index contributed by atoms with van der Waals surface area (Å²) in [7, 11) is 5.03. The van der Waals surface area contributed by atoms with Crippen molar-refractivity contribution in [2.45, 2.75) is 19.9 Å². The first-order valence-electron chi connectivity index (χ1n) is 7.01. The molecule has 0 amide bonds. The molecule has 0 aliphatic carbocycles. The molecule has 0 aliphatic rings. The summed E-state index contributed by atoms with van der Waals surface area (Å²) in [6.45, 7) is 3.55. The second-order valence-corrected chi connectivity index (χ2v) is 4.40. The lowest BCUT2D eigenvalue weighted by atomic mass is 10.2. The second-order valence-electron chi connectivity index (χ2n) is 4.40. The smallest absolute Gasteiger partial charge is 0.191 e. The third-order valence-corrected chi connectivity index (χ3v) is 2.97. The first kappa shape index (κ1) is 16.9. The third kappa shape index (κ3) is 5.77. The van der Waals surface area contributed by atoms with Crippen LogP contribution >= 0.6 is 0 Å². The lowest BCUT2D eigenvalue weighted by Crippen LogP contribution is -2.37. The van der Waals surface area contributed by atoms with Gasteiger partial charge < -0.3 is 20.1 Å². The minimum atomic E-state index is 0.670. The molecule has 0 saturated carbocycles. The zero-order valence-electron chi connectivity index (χ0n) is 13.3. The van der Waals surface area contributed by atoms with Crippen LogP contribution < -0.4 is 20.1 Å². The Morgan fingerprint density at radius 2 is 1.95 bits per heavy atom. The van der Waals surface area contributed by atoms with Crippen molar-refractivity contribution in [2.75, 3.05) is 27.8 Å². The number of methoxy groups -OCH3 is 2. The Balaban J connectivity index is 2.53. The number of nitrogens with one attached hydrogen (secondary N) is 2. The van der Waals surface area contributed by atoms with Crippen LogP contribution in [0.3, 0.4) is 0 Å². The van der Waals surface area contributed by atoms with Crippen LogP contribution in [0.4, 0.5) is 0 Å². The van der Waals surface area contributed by atoms with Crippen molar-refractivity contribution in [1.82, 2.24) is 10.6 Å². The molecule has 5 nitrogen and oxygen atoms in total. The minimum absolute atomic E-state index is 0.670. The fourth-order valence-electron chi connectivity index (χ4n) is 1.84. The van der Waals surface area contributed by atoms with Gasteiger partial charge in [0.2, 0.25) is 0 Å². The second kappa shape index (κ2) is 9.69. The molecule has 116 valence electrons. The number of aliphatic imine (C=N–C) groups is 1. The Hall–Kier alpha value is -2.17. The summed E-state index contributed by atoms with van der Waals surface area (Å²) in [5, 5.41) is 6.53. The summed E-state index contributed by atoms with van der Waals surface area (Å²) in [6, 6.07) is 5.86. The quantitative estimate of drug-likeness (QED) is 0.350. The number of ether oxygens (including phenoxy) is 2. The maximum atomic E-state index is 5.30. The van der Waals surface area contributed by atoms with Gasteiger partial charge in [-0.1, -0.05) is 18.2 Å². The number of nitrogens with zero attached hydrogens (tertiary/aromatic N) is 1. The van der Waals surface area contributed by atoms with Crippen LogP contribution in [0.2, 0.25) is 0 Å². The van der Waals surface area contributed by atoms with E-state index in [4.69, 9.17) is 9.47 Å². The summed E-state index contributed by atoms with van der Waals surface area (Å²) in [4.78, 5) is 4.19. The van der Waals surface area contributed by atoms with Gasteiger partial charge in [0.1, 0.15) is 0 Å². The van der Waals surface area contributed by atoms with Gasteiger partial charge in [-0.25, -0.2) is 0 Å². The number of rotatable bonds is 7. The Labute approximate surface area is 127 Å². The Kier molecular flexibility index (Phi) is 7.79. The highest BCUT2D eigenvalue weighted by atomic mass is 16.5. The van der Waals surface area contributed by atoms with Gasteiger partial charge in [-0.2, -0.15) is 0 Å². The summed E-state index contributed by atoms with van der Waals surface area (Å²) in [6.07, 6.45) is 5.14. The van der Waals surface area contributed by atoms with E-state index in [0.717, 1.165) is 36.0 Å². The van der Waals surface area contributed by atoms with Gasteiger partial charge in [-0.15, -0.1) is 0 Å². The van der Waals surface area contributed by atoms with Crippen LogP contribution in [-0.4, -0.2) is 33.8 Å². The molecule has 0 aliphatic heterocycles. The highest BCUT2D eigenvalue weighted by molar-refractivity contribution is 5.79. The Bertz CT molecular complexity index is 484. The fourth-order valence-corrected chi connectivity index (χ4v) is 1.84. The van der Waals surface area contributed by atoms with Crippen LogP contribution in [0.15, 0.2) is 35.3 Å². The average molecular weight is 291 g/mol. The van der Waals surface area contributed by atoms with Crippen molar-refractivity contribution in [3.63, 3.8) is 0 Å². The van der Waals surface area contributed by atoms with E-state index in [1.54, 1.807) is 21.3 Å². The van der Waals surface area contributed by atoms with Gasteiger partial charge in [-0.3, -0.25) is 4.99 Å². The minimum Gasteiger partial charge on any atom is -0.493 e. The van der Waals surface area contributed by atoms with E-state index in [9.17, 15) is 0 Å². The highest BCUT2D eigenvalue weighted by Crippen LogP contribution is 2.27. The molecule has 0 spiro atoms. The fraction of sp³-hybridized carbons (Fsp3) is 0.438. The topological polar surface area (TPSA) is 54.9 Å². The van der Waals surface area contributed by atoms with E-state index in [2.05, 4.69) is 21.7 Å². The molecule has 0 atom stereocenters. The number of benzene rings is 1. The van der Waals surface area contributed by atoms with E-state index < -0.39 is 0 Å². The maximum absolute atomic E-state index is 5.30. The van der Waals surface area contributed by atoms with Gasteiger partial charge in [0.25, 0.3) is 0 Å². The van der Waals surface area contributed by atoms with Gasteiger partial charge in [0.15, 0.2) is 17.5 Å². The SMILES string of the molecule is CC=CCCNC(=NC)NCc1ccc(OC)c(OC)c1. The summed E-state index contributed by atoms with van der Waals surface area (Å²) in [5.74, 6) is 2.25. The standard InChI is InChI=1S/C16H25N3O2/c1-5-6-7-10-18-16(17-2)19-12-13-8-9-14(20-3)15(11-13)21-4/h5-6,8-9,11H,7,10,12H2,1-4H3,(H2,17,18,19). The van der Waals surface area contributed by atoms with Gasteiger partial charge in [0, 0.05) is 20.1 Å². The lowest BCUT2D eigenvalue weighted by Gasteiger charge is -2.13. The van der Waals surface area contributed by atoms with Gasteiger partial charge in [0.05, 0.1) is 14.2 Å². The van der Waals surface area contributed by atoms with Crippen molar-refractivity contribution in [2.24, 2.45) is 4.99 Å². The zero-order chi connectivity index (χ0) is 15.5. The average Bonchev–Trinajstić information content (AvgIpc) is 2.53. The van der Waals surface area contributed by atoms with Crippen LogP contribution in [0.25, 0.3) is 0 Å². The largest absolute Gasteiger partial charge is 0.493 e. The zero-order valence-corrected chi connectivity index (χ0v) is 13.3. The van der Waals surface area contributed by atoms with Crippen LogP contribution in [0.1, 0.15) is 18.9 Å². The molecule has 0 bridgehead atoms. The van der Waals surface area contributed by atoms with E-state index in [1.165, 1.54) is 0 Å². The normalized spacial score (nSPS) is 11.5. The molecule has 1 rings (SSSR count). The number of hydrogen-bond acceptors (Lipinski definition) is 3. The molecule has 0 aromatic heterocycles. The van der Waals surface area contributed by atoms with Gasteiger partial charge in [-0.05, 0) is 31.0 Å². The van der Waals surface area contributed by atoms with E-state index in [-0.39, 0.29) is 0 Å². The Morgan fingerprint density at radius 3 is 2.57 bits per heavy atom. The van der Waals surface area contributed by atoms with Crippen molar-refractivity contribution in [3.05, 3.63) is 35.9 Å². The molecule has 0 saturated heterocycles. The van der Waals surface area contributed by atoms with E-state index in [1.807, 2.05) is 31.2 Å². The first-order valence-corrected chi connectivity index (χ1v) is 7.01. The molecule has 21 heavy (non-hydrogen) atoms. The summed E-state index contributed by atoms with van der Waals surface area (Å²) in [5.41, 5.74) is 1.10. The van der Waals surface area contributed by atoms with E-state index in [0.29, 0.717) is 6.54 Å². The Morgan fingerprint density at radius 1 is 1.19 bits per heavy atom. The molecular formula is C16H25N3O2.